The summed E-state index contributed by atoms with van der Waals surface area (Å²) in [7, 11) is 4.05. The molecule has 1 saturated carbocycles. The minimum absolute atomic E-state index is 0.300. The Labute approximate surface area is 115 Å². The van der Waals surface area contributed by atoms with E-state index in [1.165, 1.54) is 5.56 Å². The van der Waals surface area contributed by atoms with Crippen molar-refractivity contribution in [2.24, 2.45) is 0 Å². The fourth-order valence-electron chi connectivity index (χ4n) is 2.86. The van der Waals surface area contributed by atoms with E-state index >= 15 is 0 Å². The molecule has 0 amide bonds. The number of hydrogen-bond donors (Lipinski definition) is 1. The van der Waals surface area contributed by atoms with Gasteiger partial charge in [0.1, 0.15) is 5.54 Å². The summed E-state index contributed by atoms with van der Waals surface area (Å²) in [5.41, 5.74) is 0.946. The molecule has 2 rings (SSSR count). The van der Waals surface area contributed by atoms with Crippen molar-refractivity contribution in [3.8, 4) is 6.07 Å². The topological polar surface area (TPSA) is 52.0 Å². The van der Waals surface area contributed by atoms with Crippen LogP contribution in [0.1, 0.15) is 31.2 Å². The summed E-state index contributed by atoms with van der Waals surface area (Å²) >= 11 is 0. The molecule has 0 aliphatic heterocycles. The van der Waals surface area contributed by atoms with Gasteiger partial charge in [0.25, 0.3) is 0 Å². The number of nitriles is 1. The first kappa shape index (κ1) is 14.0. The van der Waals surface area contributed by atoms with Crippen molar-refractivity contribution in [2.75, 3.05) is 14.1 Å². The molecule has 4 heteroatoms. The van der Waals surface area contributed by atoms with Gasteiger partial charge in [-0.05, 0) is 51.4 Å². The SMILES string of the molecule is CNC1(C#N)CCC(N(C)Cc2cccnc2)CC1. The Bertz CT molecular complexity index is 429. The van der Waals surface area contributed by atoms with Gasteiger partial charge in [0.15, 0.2) is 0 Å². The zero-order valence-corrected chi connectivity index (χ0v) is 11.8. The van der Waals surface area contributed by atoms with Gasteiger partial charge >= 0.3 is 0 Å². The average Bonchev–Trinajstić information content (AvgIpc) is 2.48. The third-order valence-corrected chi connectivity index (χ3v) is 4.28. The van der Waals surface area contributed by atoms with Crippen LogP contribution in [0.2, 0.25) is 0 Å². The lowest BCUT2D eigenvalue weighted by Gasteiger charge is -2.38. The molecule has 0 radical (unpaired) electrons. The van der Waals surface area contributed by atoms with Crippen LogP contribution in [0.4, 0.5) is 0 Å². The predicted molar refractivity (Wildman–Crippen MR) is 75.4 cm³/mol. The second-order valence-electron chi connectivity index (χ2n) is 5.45. The summed E-state index contributed by atoms with van der Waals surface area (Å²) in [4.78, 5) is 6.54. The van der Waals surface area contributed by atoms with E-state index in [-0.39, 0.29) is 5.54 Å². The van der Waals surface area contributed by atoms with Gasteiger partial charge in [0.2, 0.25) is 0 Å². The number of rotatable bonds is 4. The molecular formula is C15H22N4. The van der Waals surface area contributed by atoms with Crippen LogP contribution in [0.25, 0.3) is 0 Å². The molecule has 1 aromatic rings. The van der Waals surface area contributed by atoms with Gasteiger partial charge < -0.3 is 5.32 Å². The molecule has 1 aliphatic rings. The molecular weight excluding hydrogens is 236 g/mol. The molecule has 0 atom stereocenters. The average molecular weight is 258 g/mol. The first-order valence-electron chi connectivity index (χ1n) is 6.88. The van der Waals surface area contributed by atoms with Crippen molar-refractivity contribution in [1.82, 2.24) is 15.2 Å². The second-order valence-corrected chi connectivity index (χ2v) is 5.45. The maximum atomic E-state index is 9.27. The number of nitrogens with one attached hydrogen (secondary N) is 1. The van der Waals surface area contributed by atoms with Crippen LogP contribution in [-0.4, -0.2) is 35.6 Å². The van der Waals surface area contributed by atoms with E-state index in [9.17, 15) is 5.26 Å². The molecule has 0 unspecified atom stereocenters. The first-order chi connectivity index (χ1) is 9.19. The van der Waals surface area contributed by atoms with Crippen LogP contribution >= 0.6 is 0 Å². The van der Waals surface area contributed by atoms with Crippen molar-refractivity contribution in [2.45, 2.75) is 43.8 Å². The van der Waals surface area contributed by atoms with Crippen molar-refractivity contribution in [3.63, 3.8) is 0 Å². The molecule has 1 fully saturated rings. The zero-order chi connectivity index (χ0) is 13.7. The lowest BCUT2D eigenvalue weighted by molar-refractivity contribution is 0.151. The summed E-state index contributed by atoms with van der Waals surface area (Å²) < 4.78 is 0. The Morgan fingerprint density at radius 3 is 2.79 bits per heavy atom. The molecule has 0 spiro atoms. The molecule has 0 bridgehead atoms. The van der Waals surface area contributed by atoms with Gasteiger partial charge in [-0.1, -0.05) is 6.07 Å². The number of nitrogens with zero attached hydrogens (tertiary/aromatic N) is 3. The maximum absolute atomic E-state index is 9.27. The van der Waals surface area contributed by atoms with Gasteiger partial charge in [0.05, 0.1) is 6.07 Å². The van der Waals surface area contributed by atoms with Gasteiger partial charge in [0, 0.05) is 25.0 Å². The van der Waals surface area contributed by atoms with E-state index in [2.05, 4.69) is 34.4 Å². The molecule has 19 heavy (non-hydrogen) atoms. The Hall–Kier alpha value is -1.44. The third kappa shape index (κ3) is 3.31. The van der Waals surface area contributed by atoms with Crippen LogP contribution < -0.4 is 5.32 Å². The largest absolute Gasteiger partial charge is 0.302 e. The summed E-state index contributed by atoms with van der Waals surface area (Å²) in [6, 6.07) is 7.09. The van der Waals surface area contributed by atoms with Crippen LogP contribution in [0.5, 0.6) is 0 Å². The fourth-order valence-corrected chi connectivity index (χ4v) is 2.86. The van der Waals surface area contributed by atoms with Crippen LogP contribution in [0.3, 0.4) is 0 Å². The Balaban J connectivity index is 1.89. The molecule has 1 aromatic heterocycles. The predicted octanol–water partition coefficient (Wildman–Crippen LogP) is 1.94. The molecule has 0 saturated heterocycles. The summed E-state index contributed by atoms with van der Waals surface area (Å²) in [6.45, 7) is 0.928. The summed E-state index contributed by atoms with van der Waals surface area (Å²) in [5, 5.41) is 12.5. The van der Waals surface area contributed by atoms with Crippen molar-refractivity contribution < 1.29 is 0 Å². The van der Waals surface area contributed by atoms with E-state index in [1.807, 2.05) is 19.3 Å². The highest BCUT2D eigenvalue weighted by molar-refractivity contribution is 5.11. The van der Waals surface area contributed by atoms with E-state index < -0.39 is 0 Å². The monoisotopic (exact) mass is 258 g/mol. The zero-order valence-electron chi connectivity index (χ0n) is 11.8. The van der Waals surface area contributed by atoms with Gasteiger partial charge in [-0.25, -0.2) is 0 Å². The second kappa shape index (κ2) is 6.14. The minimum atomic E-state index is -0.300. The van der Waals surface area contributed by atoms with E-state index in [1.54, 1.807) is 6.20 Å². The smallest absolute Gasteiger partial charge is 0.106 e. The van der Waals surface area contributed by atoms with E-state index in [4.69, 9.17) is 0 Å². The van der Waals surface area contributed by atoms with Crippen molar-refractivity contribution in [1.29, 1.82) is 5.26 Å². The van der Waals surface area contributed by atoms with Crippen molar-refractivity contribution >= 4 is 0 Å². The first-order valence-corrected chi connectivity index (χ1v) is 6.88. The lowest BCUT2D eigenvalue weighted by Crippen LogP contribution is -2.48. The van der Waals surface area contributed by atoms with Gasteiger partial charge in [-0.2, -0.15) is 5.26 Å². The highest BCUT2D eigenvalue weighted by Gasteiger charge is 2.35. The van der Waals surface area contributed by atoms with E-state index in [0.29, 0.717) is 6.04 Å². The van der Waals surface area contributed by atoms with Gasteiger partial charge in [-0.15, -0.1) is 0 Å². The minimum Gasteiger partial charge on any atom is -0.302 e. The van der Waals surface area contributed by atoms with Crippen LogP contribution in [-0.2, 0) is 6.54 Å². The highest BCUT2D eigenvalue weighted by atomic mass is 15.1. The lowest BCUT2D eigenvalue weighted by atomic mass is 9.80. The Morgan fingerprint density at radius 1 is 1.53 bits per heavy atom. The summed E-state index contributed by atoms with van der Waals surface area (Å²) in [5.74, 6) is 0. The molecule has 1 heterocycles. The van der Waals surface area contributed by atoms with Crippen LogP contribution in [0, 0.1) is 11.3 Å². The maximum Gasteiger partial charge on any atom is 0.106 e. The molecule has 102 valence electrons. The molecule has 0 aromatic carbocycles. The Morgan fingerprint density at radius 2 is 2.26 bits per heavy atom. The van der Waals surface area contributed by atoms with E-state index in [0.717, 1.165) is 32.2 Å². The number of aromatic nitrogens is 1. The summed E-state index contributed by atoms with van der Waals surface area (Å²) in [6.07, 6.45) is 7.74. The molecule has 4 nitrogen and oxygen atoms in total. The van der Waals surface area contributed by atoms with Crippen molar-refractivity contribution in [3.05, 3.63) is 30.1 Å². The highest BCUT2D eigenvalue weighted by Crippen LogP contribution is 2.30. The standard InChI is InChI=1S/C15H22N4/c1-17-15(12-16)7-5-14(6-8-15)19(2)11-13-4-3-9-18-10-13/h3-4,9-10,14,17H,5-8,11H2,1-2H3. The molecule has 1 aliphatic carbocycles. The fraction of sp³-hybridized carbons (Fsp3) is 0.600. The number of pyridine rings is 1. The normalized spacial score (nSPS) is 27.2. The quantitative estimate of drug-likeness (QED) is 0.896. The van der Waals surface area contributed by atoms with Gasteiger partial charge in [-0.3, -0.25) is 9.88 Å². The third-order valence-electron chi connectivity index (χ3n) is 4.28. The Kier molecular flexibility index (Phi) is 4.52. The number of hydrogen-bond acceptors (Lipinski definition) is 4. The van der Waals surface area contributed by atoms with Crippen LogP contribution in [0.15, 0.2) is 24.5 Å². The molecule has 1 N–H and O–H groups in total.